The van der Waals surface area contributed by atoms with E-state index < -0.39 is 0 Å². The molecule has 0 bridgehead atoms. The van der Waals surface area contributed by atoms with Crippen molar-refractivity contribution in [3.05, 3.63) is 59.1 Å². The van der Waals surface area contributed by atoms with Gasteiger partial charge in [-0.1, -0.05) is 18.2 Å². The highest BCUT2D eigenvalue weighted by Gasteiger charge is 2.12. The van der Waals surface area contributed by atoms with E-state index in [-0.39, 0.29) is 5.91 Å². The predicted molar refractivity (Wildman–Crippen MR) is 95.9 cm³/mol. The molecular formula is C17H17N3OS2. The third kappa shape index (κ3) is 3.48. The number of nitrogens with one attached hydrogen (secondary N) is 1. The summed E-state index contributed by atoms with van der Waals surface area (Å²) in [6.45, 7) is 0.455. The number of amides is 1. The molecule has 118 valence electrons. The smallest absolute Gasteiger partial charge is 0.252 e. The summed E-state index contributed by atoms with van der Waals surface area (Å²) in [4.78, 5) is 14.5. The molecule has 0 aliphatic rings. The van der Waals surface area contributed by atoms with Crippen LogP contribution >= 0.6 is 23.1 Å². The lowest BCUT2D eigenvalue weighted by Gasteiger charge is -2.08. The fraction of sp³-hybridized carbons (Fsp3) is 0.176. The first-order chi connectivity index (χ1) is 11.2. The highest BCUT2D eigenvalue weighted by molar-refractivity contribution is 7.98. The Morgan fingerprint density at radius 3 is 2.87 bits per heavy atom. The second kappa shape index (κ2) is 7.02. The number of rotatable bonds is 5. The summed E-state index contributed by atoms with van der Waals surface area (Å²) in [5.74, 6) is -0.0613. The minimum absolute atomic E-state index is 0.0613. The third-order valence-corrected chi connectivity index (χ3v) is 5.22. The molecule has 1 N–H and O–H groups in total. The first-order valence-corrected chi connectivity index (χ1v) is 9.27. The quantitative estimate of drug-likeness (QED) is 0.717. The predicted octanol–water partition coefficient (Wildman–Crippen LogP) is 3.80. The fourth-order valence-corrected chi connectivity index (χ4v) is 3.59. The van der Waals surface area contributed by atoms with E-state index in [1.54, 1.807) is 23.1 Å². The van der Waals surface area contributed by atoms with Gasteiger partial charge < -0.3 is 5.32 Å². The van der Waals surface area contributed by atoms with E-state index in [0.717, 1.165) is 21.2 Å². The van der Waals surface area contributed by atoms with Gasteiger partial charge in [0, 0.05) is 11.9 Å². The van der Waals surface area contributed by atoms with Crippen LogP contribution < -0.4 is 5.32 Å². The van der Waals surface area contributed by atoms with Gasteiger partial charge in [-0.2, -0.15) is 5.10 Å². The van der Waals surface area contributed by atoms with Crippen LogP contribution in [0.3, 0.4) is 0 Å². The van der Waals surface area contributed by atoms with Crippen LogP contribution in [0.4, 0.5) is 0 Å². The summed E-state index contributed by atoms with van der Waals surface area (Å²) in [7, 11) is 1.90. The van der Waals surface area contributed by atoms with Gasteiger partial charge in [0.1, 0.15) is 5.69 Å². The minimum Gasteiger partial charge on any atom is -0.346 e. The monoisotopic (exact) mass is 343 g/mol. The lowest BCUT2D eigenvalue weighted by molar-refractivity contribution is 0.0947. The van der Waals surface area contributed by atoms with E-state index in [0.29, 0.717) is 12.1 Å². The van der Waals surface area contributed by atoms with Crippen LogP contribution in [0.2, 0.25) is 0 Å². The van der Waals surface area contributed by atoms with Crippen molar-refractivity contribution in [3.8, 4) is 10.6 Å². The fourth-order valence-electron chi connectivity index (χ4n) is 2.31. The van der Waals surface area contributed by atoms with Crippen molar-refractivity contribution in [2.75, 3.05) is 6.26 Å². The number of carbonyl (C=O) groups is 1. The summed E-state index contributed by atoms with van der Waals surface area (Å²) in [6, 6.07) is 13.7. The Balaban J connectivity index is 1.72. The first-order valence-electron chi connectivity index (χ1n) is 7.17. The van der Waals surface area contributed by atoms with Crippen LogP contribution in [0.25, 0.3) is 10.6 Å². The van der Waals surface area contributed by atoms with Crippen LogP contribution in [0.5, 0.6) is 0 Å². The van der Waals surface area contributed by atoms with Crippen molar-refractivity contribution in [3.63, 3.8) is 0 Å². The first kappa shape index (κ1) is 15.8. The Hall–Kier alpha value is -2.05. The zero-order valence-corrected chi connectivity index (χ0v) is 14.6. The summed E-state index contributed by atoms with van der Waals surface area (Å²) in [6.07, 6.45) is 1.97. The second-order valence-electron chi connectivity index (χ2n) is 5.00. The molecule has 0 spiro atoms. The van der Waals surface area contributed by atoms with Crippen molar-refractivity contribution in [1.29, 1.82) is 0 Å². The molecule has 1 aromatic carbocycles. The van der Waals surface area contributed by atoms with Gasteiger partial charge in [-0.25, -0.2) is 0 Å². The summed E-state index contributed by atoms with van der Waals surface area (Å²) < 4.78 is 1.82. The van der Waals surface area contributed by atoms with E-state index in [9.17, 15) is 4.79 Å². The number of carbonyl (C=O) groups excluding carboxylic acids is 1. The number of thiophene rings is 1. The maximum absolute atomic E-state index is 12.4. The highest BCUT2D eigenvalue weighted by atomic mass is 32.2. The average molecular weight is 343 g/mol. The largest absolute Gasteiger partial charge is 0.346 e. The van der Waals surface area contributed by atoms with Crippen molar-refractivity contribution in [1.82, 2.24) is 15.1 Å². The molecule has 23 heavy (non-hydrogen) atoms. The van der Waals surface area contributed by atoms with E-state index in [1.807, 2.05) is 65.8 Å². The number of hydrogen-bond acceptors (Lipinski definition) is 4. The summed E-state index contributed by atoms with van der Waals surface area (Å²) >= 11 is 3.23. The maximum Gasteiger partial charge on any atom is 0.252 e. The Morgan fingerprint density at radius 2 is 2.13 bits per heavy atom. The number of hydrogen-bond donors (Lipinski definition) is 1. The van der Waals surface area contributed by atoms with Gasteiger partial charge in [0.2, 0.25) is 0 Å². The SMILES string of the molecule is CSc1ccccc1C(=O)NCc1cc(-c2cccs2)nn1C. The molecule has 1 amide bonds. The van der Waals surface area contributed by atoms with E-state index >= 15 is 0 Å². The van der Waals surface area contributed by atoms with Crippen molar-refractivity contribution < 1.29 is 4.79 Å². The number of thioether (sulfide) groups is 1. The summed E-state index contributed by atoms with van der Waals surface area (Å²) in [5, 5.41) is 9.52. The zero-order valence-electron chi connectivity index (χ0n) is 12.9. The van der Waals surface area contributed by atoms with Crippen LogP contribution in [-0.2, 0) is 13.6 Å². The van der Waals surface area contributed by atoms with Gasteiger partial charge in [0.25, 0.3) is 5.91 Å². The lowest BCUT2D eigenvalue weighted by atomic mass is 10.2. The Morgan fingerprint density at radius 1 is 1.30 bits per heavy atom. The second-order valence-corrected chi connectivity index (χ2v) is 6.80. The van der Waals surface area contributed by atoms with Crippen molar-refractivity contribution >= 4 is 29.0 Å². The molecule has 4 nitrogen and oxygen atoms in total. The number of aryl methyl sites for hydroxylation is 1. The molecule has 0 saturated carbocycles. The molecule has 0 fully saturated rings. The minimum atomic E-state index is -0.0613. The van der Waals surface area contributed by atoms with Gasteiger partial charge in [0.05, 0.1) is 22.7 Å². The molecule has 3 rings (SSSR count). The number of aromatic nitrogens is 2. The Labute approximate surface area is 143 Å². The molecule has 6 heteroatoms. The normalized spacial score (nSPS) is 10.7. The van der Waals surface area contributed by atoms with Crippen LogP contribution in [0.15, 0.2) is 52.7 Å². The number of nitrogens with zero attached hydrogens (tertiary/aromatic N) is 2. The van der Waals surface area contributed by atoms with Gasteiger partial charge in [-0.15, -0.1) is 23.1 Å². The van der Waals surface area contributed by atoms with Gasteiger partial charge >= 0.3 is 0 Å². The standard InChI is InChI=1S/C17H17N3OS2/c1-20-12(10-14(19-20)16-8-5-9-23-16)11-18-17(21)13-6-3-4-7-15(13)22-2/h3-10H,11H2,1-2H3,(H,18,21). The van der Waals surface area contributed by atoms with E-state index in [2.05, 4.69) is 10.4 Å². The van der Waals surface area contributed by atoms with Gasteiger partial charge in [-0.3, -0.25) is 9.48 Å². The van der Waals surface area contributed by atoms with Crippen molar-refractivity contribution in [2.45, 2.75) is 11.4 Å². The highest BCUT2D eigenvalue weighted by Crippen LogP contribution is 2.24. The molecule has 2 heterocycles. The maximum atomic E-state index is 12.4. The molecule has 0 aliphatic heterocycles. The average Bonchev–Trinajstić information content (AvgIpc) is 3.22. The third-order valence-electron chi connectivity index (χ3n) is 3.53. The van der Waals surface area contributed by atoms with E-state index in [4.69, 9.17) is 0 Å². The Kier molecular flexibility index (Phi) is 4.83. The number of benzene rings is 1. The molecule has 3 aromatic rings. The summed E-state index contributed by atoms with van der Waals surface area (Å²) in [5.41, 5.74) is 2.63. The van der Waals surface area contributed by atoms with E-state index in [1.165, 1.54) is 0 Å². The molecule has 0 radical (unpaired) electrons. The Bertz CT molecular complexity index is 809. The molecular weight excluding hydrogens is 326 g/mol. The lowest BCUT2D eigenvalue weighted by Crippen LogP contribution is -2.24. The molecule has 0 unspecified atom stereocenters. The van der Waals surface area contributed by atoms with Crippen LogP contribution in [-0.4, -0.2) is 21.9 Å². The molecule has 0 atom stereocenters. The topological polar surface area (TPSA) is 46.9 Å². The zero-order chi connectivity index (χ0) is 16.2. The van der Waals surface area contributed by atoms with Crippen LogP contribution in [0, 0.1) is 0 Å². The van der Waals surface area contributed by atoms with Crippen LogP contribution in [0.1, 0.15) is 16.1 Å². The molecule has 2 aromatic heterocycles. The molecule has 0 saturated heterocycles. The van der Waals surface area contributed by atoms with Crippen molar-refractivity contribution in [2.24, 2.45) is 7.05 Å². The van der Waals surface area contributed by atoms with Gasteiger partial charge in [-0.05, 0) is 35.9 Å². The van der Waals surface area contributed by atoms with Gasteiger partial charge in [0.15, 0.2) is 0 Å². The molecule has 0 aliphatic carbocycles.